The molecule has 1 amide bonds. The maximum Gasteiger partial charge on any atom is 0.300 e. The van der Waals surface area contributed by atoms with Crippen LogP contribution in [0.1, 0.15) is 42.1 Å². The van der Waals surface area contributed by atoms with Crippen molar-refractivity contribution in [2.75, 3.05) is 12.0 Å². The van der Waals surface area contributed by atoms with Crippen LogP contribution in [0.2, 0.25) is 5.02 Å². The summed E-state index contributed by atoms with van der Waals surface area (Å²) in [6.45, 7) is 7.69. The van der Waals surface area contributed by atoms with Gasteiger partial charge in [0.1, 0.15) is 17.3 Å². The Balaban J connectivity index is 2.00. The highest BCUT2D eigenvalue weighted by Crippen LogP contribution is 2.44. The molecule has 7 heteroatoms. The first-order valence-electron chi connectivity index (χ1n) is 11.6. The number of amides is 1. The molecule has 36 heavy (non-hydrogen) atoms. The number of aliphatic hydroxyl groups is 1. The zero-order chi connectivity index (χ0) is 26.1. The van der Waals surface area contributed by atoms with Crippen LogP contribution in [0, 0.1) is 13.8 Å². The second-order valence-corrected chi connectivity index (χ2v) is 9.54. The van der Waals surface area contributed by atoms with Gasteiger partial charge in [0.2, 0.25) is 0 Å². The molecule has 1 unspecified atom stereocenters. The van der Waals surface area contributed by atoms with Crippen molar-refractivity contribution in [3.05, 3.63) is 93.5 Å². The van der Waals surface area contributed by atoms with E-state index in [4.69, 9.17) is 21.1 Å². The van der Waals surface area contributed by atoms with Crippen molar-refractivity contribution in [3.8, 4) is 11.5 Å². The molecule has 0 radical (unpaired) electrons. The van der Waals surface area contributed by atoms with Gasteiger partial charge in [0.25, 0.3) is 11.7 Å². The summed E-state index contributed by atoms with van der Waals surface area (Å²) in [4.78, 5) is 28.4. The van der Waals surface area contributed by atoms with Crippen LogP contribution < -0.4 is 14.4 Å². The monoisotopic (exact) mass is 505 g/mol. The predicted molar refractivity (Wildman–Crippen MR) is 141 cm³/mol. The molecule has 1 heterocycles. The molecule has 1 aliphatic rings. The van der Waals surface area contributed by atoms with Crippen LogP contribution in [-0.4, -0.2) is 30.0 Å². The minimum absolute atomic E-state index is 0.0542. The van der Waals surface area contributed by atoms with E-state index in [1.54, 1.807) is 24.3 Å². The van der Waals surface area contributed by atoms with Crippen molar-refractivity contribution in [1.29, 1.82) is 0 Å². The van der Waals surface area contributed by atoms with Gasteiger partial charge >= 0.3 is 0 Å². The topological polar surface area (TPSA) is 76.1 Å². The van der Waals surface area contributed by atoms with E-state index >= 15 is 0 Å². The highest BCUT2D eigenvalue weighted by Gasteiger charge is 2.47. The van der Waals surface area contributed by atoms with Crippen molar-refractivity contribution in [1.82, 2.24) is 0 Å². The summed E-state index contributed by atoms with van der Waals surface area (Å²) in [5.74, 6) is -0.977. The van der Waals surface area contributed by atoms with Crippen molar-refractivity contribution in [2.24, 2.45) is 0 Å². The fourth-order valence-corrected chi connectivity index (χ4v) is 4.72. The van der Waals surface area contributed by atoms with E-state index in [-0.39, 0.29) is 23.0 Å². The van der Waals surface area contributed by atoms with Gasteiger partial charge in [-0.1, -0.05) is 29.8 Å². The first-order chi connectivity index (χ1) is 17.1. The molecule has 0 aliphatic carbocycles. The van der Waals surface area contributed by atoms with Crippen LogP contribution in [0.5, 0.6) is 11.5 Å². The van der Waals surface area contributed by atoms with Gasteiger partial charge in [-0.2, -0.15) is 0 Å². The van der Waals surface area contributed by atoms with Crippen LogP contribution in [-0.2, 0) is 9.59 Å². The Morgan fingerprint density at radius 2 is 1.69 bits per heavy atom. The lowest BCUT2D eigenvalue weighted by Gasteiger charge is -2.26. The van der Waals surface area contributed by atoms with Gasteiger partial charge in [0, 0.05) is 10.7 Å². The van der Waals surface area contributed by atoms with Gasteiger partial charge in [-0.05, 0) is 86.8 Å². The summed E-state index contributed by atoms with van der Waals surface area (Å²) in [6, 6.07) is 16.7. The highest BCUT2D eigenvalue weighted by molar-refractivity contribution is 6.51. The Kier molecular flexibility index (Phi) is 7.09. The lowest BCUT2D eigenvalue weighted by atomic mass is 9.94. The maximum absolute atomic E-state index is 13.5. The quantitative estimate of drug-likeness (QED) is 0.239. The van der Waals surface area contributed by atoms with Gasteiger partial charge in [0.15, 0.2) is 0 Å². The van der Waals surface area contributed by atoms with Crippen molar-refractivity contribution < 1.29 is 24.2 Å². The molecule has 4 rings (SSSR count). The average molecular weight is 506 g/mol. The molecule has 1 saturated heterocycles. The third-order valence-corrected chi connectivity index (χ3v) is 6.13. The molecule has 3 aromatic carbocycles. The molecule has 6 nitrogen and oxygen atoms in total. The van der Waals surface area contributed by atoms with Crippen LogP contribution in [0.15, 0.2) is 66.2 Å². The summed E-state index contributed by atoms with van der Waals surface area (Å²) in [7, 11) is 1.46. The minimum Gasteiger partial charge on any atom is -0.507 e. The number of methoxy groups -OCH3 is 1. The molecule has 1 atom stereocenters. The second-order valence-electron chi connectivity index (χ2n) is 9.10. The van der Waals surface area contributed by atoms with Gasteiger partial charge < -0.3 is 14.6 Å². The number of carbonyl (C=O) groups excluding carboxylic acids is 2. The highest BCUT2D eigenvalue weighted by atomic mass is 35.5. The largest absolute Gasteiger partial charge is 0.507 e. The number of ketones is 1. The van der Waals surface area contributed by atoms with Gasteiger partial charge in [-0.3, -0.25) is 14.5 Å². The number of carbonyl (C=O) groups is 2. The maximum atomic E-state index is 13.5. The number of aliphatic hydroxyl groups excluding tert-OH is 1. The normalized spacial score (nSPS) is 17.1. The number of rotatable bonds is 6. The fourth-order valence-electron chi connectivity index (χ4n) is 4.54. The summed E-state index contributed by atoms with van der Waals surface area (Å²) in [6.07, 6.45) is -0.0678. The molecule has 3 aromatic rings. The van der Waals surface area contributed by atoms with E-state index in [1.807, 2.05) is 58.0 Å². The second kappa shape index (κ2) is 10.1. The molecule has 1 N–H and O–H groups in total. The first-order valence-corrected chi connectivity index (χ1v) is 12.0. The summed E-state index contributed by atoms with van der Waals surface area (Å²) < 4.78 is 11.3. The Labute approximate surface area is 215 Å². The summed E-state index contributed by atoms with van der Waals surface area (Å²) in [5, 5.41) is 11.8. The number of halogens is 1. The molecule has 0 spiro atoms. The van der Waals surface area contributed by atoms with E-state index in [9.17, 15) is 14.7 Å². The molecule has 0 bridgehead atoms. The molecule has 0 aromatic heterocycles. The molecular formula is C29H28ClNO5. The third-order valence-electron chi connectivity index (χ3n) is 5.89. The van der Waals surface area contributed by atoms with Crippen molar-refractivity contribution in [3.63, 3.8) is 0 Å². The Morgan fingerprint density at radius 1 is 1.00 bits per heavy atom. The summed E-state index contributed by atoms with van der Waals surface area (Å²) in [5.41, 5.74) is 3.24. The lowest BCUT2D eigenvalue weighted by molar-refractivity contribution is -0.132. The number of aryl methyl sites for hydroxylation is 2. The molecular weight excluding hydrogens is 478 g/mol. The number of hydrogen-bond donors (Lipinski definition) is 1. The Hall–Kier alpha value is -3.77. The van der Waals surface area contributed by atoms with Crippen LogP contribution >= 0.6 is 11.6 Å². The zero-order valence-electron chi connectivity index (χ0n) is 20.8. The van der Waals surface area contributed by atoms with E-state index in [0.29, 0.717) is 27.8 Å². The number of anilines is 1. The van der Waals surface area contributed by atoms with Gasteiger partial charge in [0.05, 0.1) is 30.4 Å². The zero-order valence-corrected chi connectivity index (χ0v) is 21.6. The van der Waals surface area contributed by atoms with Gasteiger partial charge in [-0.25, -0.2) is 0 Å². The van der Waals surface area contributed by atoms with E-state index in [2.05, 4.69) is 0 Å². The number of benzene rings is 3. The molecule has 0 saturated carbocycles. The number of hydrogen-bond acceptors (Lipinski definition) is 5. The lowest BCUT2D eigenvalue weighted by Crippen LogP contribution is -2.29. The fraction of sp³-hybridized carbons (Fsp3) is 0.241. The van der Waals surface area contributed by atoms with E-state index in [1.165, 1.54) is 18.1 Å². The molecule has 1 aliphatic heterocycles. The molecule has 1 fully saturated rings. The predicted octanol–water partition coefficient (Wildman–Crippen LogP) is 6.38. The average Bonchev–Trinajstić information content (AvgIpc) is 3.08. The number of Topliss-reactive ketones (excluding diaryl/α,β-unsaturated/α-hetero) is 1. The van der Waals surface area contributed by atoms with Gasteiger partial charge in [-0.15, -0.1) is 0 Å². The van der Waals surface area contributed by atoms with E-state index in [0.717, 1.165) is 11.1 Å². The third kappa shape index (κ3) is 4.82. The van der Waals surface area contributed by atoms with Crippen LogP contribution in [0.25, 0.3) is 5.76 Å². The first kappa shape index (κ1) is 25.3. The minimum atomic E-state index is -0.898. The smallest absolute Gasteiger partial charge is 0.300 e. The SMILES string of the molecule is COc1ccc(Cl)cc1/C(O)=C1\C(=O)C(=O)N(c2cc(C)cc(C)c2)C1c1cccc(OC(C)C)c1. The number of nitrogens with zero attached hydrogens (tertiary/aromatic N) is 1. The standard InChI is InChI=1S/C29H28ClNO5/c1-16(2)36-22-8-6-7-19(14-22)26-25(27(32)23-15-20(30)9-10-24(23)35-5)28(33)29(34)31(26)21-12-17(3)11-18(4)13-21/h6-16,26,32H,1-5H3/b27-25+. The Bertz CT molecular complexity index is 1360. The van der Waals surface area contributed by atoms with E-state index < -0.39 is 17.7 Å². The Morgan fingerprint density at radius 3 is 2.33 bits per heavy atom. The molecule has 186 valence electrons. The summed E-state index contributed by atoms with van der Waals surface area (Å²) >= 11 is 6.20. The van der Waals surface area contributed by atoms with Crippen molar-refractivity contribution >= 4 is 34.7 Å². The van der Waals surface area contributed by atoms with Crippen LogP contribution in [0.3, 0.4) is 0 Å². The van der Waals surface area contributed by atoms with Crippen molar-refractivity contribution in [2.45, 2.75) is 39.8 Å². The number of ether oxygens (including phenoxy) is 2. The van der Waals surface area contributed by atoms with Crippen LogP contribution in [0.4, 0.5) is 5.69 Å².